The fourth-order valence-electron chi connectivity index (χ4n) is 2.35. The number of aromatic nitrogens is 1. The molecular weight excluding hydrogens is 230 g/mol. The molecule has 1 aromatic carbocycles. The van der Waals surface area contributed by atoms with Gasteiger partial charge >= 0.3 is 0 Å². The van der Waals surface area contributed by atoms with E-state index in [0.717, 1.165) is 29.2 Å². The van der Waals surface area contributed by atoms with Crippen molar-refractivity contribution >= 4 is 22.5 Å². The van der Waals surface area contributed by atoms with Crippen molar-refractivity contribution in [2.75, 3.05) is 6.26 Å². The zero-order valence-electron chi connectivity index (χ0n) is 9.76. The second-order valence-electron chi connectivity index (χ2n) is 4.62. The summed E-state index contributed by atoms with van der Waals surface area (Å²) in [6.45, 7) is 0. The molecule has 1 aliphatic carbocycles. The fraction of sp³-hybridized carbons (Fsp3) is 0.357. The number of benzene rings is 1. The van der Waals surface area contributed by atoms with Crippen LogP contribution >= 0.6 is 11.8 Å². The summed E-state index contributed by atoms with van der Waals surface area (Å²) in [5.74, 6) is 0. The maximum atomic E-state index is 10.5. The fourth-order valence-corrected chi connectivity index (χ4v) is 3.21. The molecule has 1 unspecified atom stereocenters. The van der Waals surface area contributed by atoms with Gasteiger partial charge in [-0.05, 0) is 24.5 Å². The summed E-state index contributed by atoms with van der Waals surface area (Å²) in [6.07, 6.45) is 7.52. The van der Waals surface area contributed by atoms with E-state index in [1.165, 1.54) is 0 Å². The Hall–Kier alpha value is -1.06. The van der Waals surface area contributed by atoms with Gasteiger partial charge in [0.2, 0.25) is 0 Å². The molecule has 2 aromatic rings. The Bertz CT molecular complexity index is 545. The predicted octanol–water partition coefficient (Wildman–Crippen LogP) is 3.16. The third-order valence-electron chi connectivity index (χ3n) is 3.64. The van der Waals surface area contributed by atoms with Crippen molar-refractivity contribution in [2.24, 2.45) is 0 Å². The average molecular weight is 245 g/mol. The quantitative estimate of drug-likeness (QED) is 0.901. The third kappa shape index (κ3) is 1.74. The van der Waals surface area contributed by atoms with Crippen LogP contribution in [0.1, 0.15) is 24.5 Å². The number of thioether (sulfide) groups is 1. The van der Waals surface area contributed by atoms with Gasteiger partial charge in [-0.3, -0.25) is 4.98 Å². The Morgan fingerprint density at radius 1 is 1.29 bits per heavy atom. The number of pyridine rings is 1. The highest BCUT2D eigenvalue weighted by Gasteiger charge is 2.49. The summed E-state index contributed by atoms with van der Waals surface area (Å²) < 4.78 is 0.0335. The van der Waals surface area contributed by atoms with Gasteiger partial charge in [-0.2, -0.15) is 11.8 Å². The molecule has 1 atom stereocenters. The summed E-state index contributed by atoms with van der Waals surface area (Å²) in [5, 5.41) is 12.8. The lowest BCUT2D eigenvalue weighted by Gasteiger charge is -2.21. The van der Waals surface area contributed by atoms with Gasteiger partial charge in [0.1, 0.15) is 0 Å². The Morgan fingerprint density at radius 3 is 2.76 bits per heavy atom. The SMILES string of the molecule is CSC1(C(O)c2cncc3ccccc23)CC1. The van der Waals surface area contributed by atoms with E-state index >= 15 is 0 Å². The van der Waals surface area contributed by atoms with Crippen LogP contribution in [0.4, 0.5) is 0 Å². The molecule has 0 amide bonds. The highest BCUT2D eigenvalue weighted by molar-refractivity contribution is 8.00. The monoisotopic (exact) mass is 245 g/mol. The van der Waals surface area contributed by atoms with Crippen LogP contribution in [0.5, 0.6) is 0 Å². The van der Waals surface area contributed by atoms with Crippen molar-refractivity contribution in [1.29, 1.82) is 0 Å². The molecule has 0 bridgehead atoms. The molecule has 1 saturated carbocycles. The molecule has 3 rings (SSSR count). The molecule has 1 aromatic heterocycles. The van der Waals surface area contributed by atoms with E-state index in [1.807, 2.05) is 30.6 Å². The molecule has 1 N–H and O–H groups in total. The zero-order valence-corrected chi connectivity index (χ0v) is 10.6. The molecule has 0 aliphatic heterocycles. The maximum Gasteiger partial charge on any atom is 0.0957 e. The number of rotatable bonds is 3. The number of hydrogen-bond donors (Lipinski definition) is 1. The van der Waals surface area contributed by atoms with Gasteiger partial charge in [-0.1, -0.05) is 24.3 Å². The van der Waals surface area contributed by atoms with E-state index in [-0.39, 0.29) is 4.75 Å². The van der Waals surface area contributed by atoms with E-state index < -0.39 is 6.10 Å². The van der Waals surface area contributed by atoms with Crippen molar-refractivity contribution in [2.45, 2.75) is 23.7 Å². The Balaban J connectivity index is 2.11. The lowest BCUT2D eigenvalue weighted by Crippen LogP contribution is -2.16. The minimum atomic E-state index is -0.406. The van der Waals surface area contributed by atoms with Crippen LogP contribution < -0.4 is 0 Å². The molecule has 0 saturated heterocycles. The second-order valence-corrected chi connectivity index (χ2v) is 5.84. The zero-order chi connectivity index (χ0) is 11.9. The summed E-state index contributed by atoms with van der Waals surface area (Å²) in [7, 11) is 0. The molecule has 88 valence electrons. The van der Waals surface area contributed by atoms with E-state index in [2.05, 4.69) is 17.3 Å². The largest absolute Gasteiger partial charge is 0.387 e. The molecule has 3 heteroatoms. The van der Waals surface area contributed by atoms with Gasteiger partial charge in [-0.25, -0.2) is 0 Å². The normalized spacial score (nSPS) is 19.2. The van der Waals surface area contributed by atoms with Crippen molar-refractivity contribution in [3.05, 3.63) is 42.2 Å². The lowest BCUT2D eigenvalue weighted by atomic mass is 10.0. The maximum absolute atomic E-state index is 10.5. The standard InChI is InChI=1S/C14H15NOS/c1-17-14(6-7-14)13(16)12-9-15-8-10-4-2-3-5-11(10)12/h2-5,8-9,13,16H,6-7H2,1H3. The van der Waals surface area contributed by atoms with E-state index in [1.54, 1.807) is 11.8 Å². The first-order valence-corrected chi connectivity index (χ1v) is 7.05. The first-order chi connectivity index (χ1) is 8.27. The number of aliphatic hydroxyl groups excluding tert-OH is 1. The van der Waals surface area contributed by atoms with Gasteiger partial charge < -0.3 is 5.11 Å². The summed E-state index contributed by atoms with van der Waals surface area (Å²) in [6, 6.07) is 8.11. The number of fused-ring (bicyclic) bond motifs is 1. The molecular formula is C14H15NOS. The first-order valence-electron chi connectivity index (χ1n) is 5.83. The Kier molecular flexibility index (Phi) is 2.60. The summed E-state index contributed by atoms with van der Waals surface area (Å²) in [5.41, 5.74) is 0.968. The van der Waals surface area contributed by atoms with E-state index in [4.69, 9.17) is 0 Å². The van der Waals surface area contributed by atoms with Crippen LogP contribution in [0.25, 0.3) is 10.8 Å². The van der Waals surface area contributed by atoms with Gasteiger partial charge in [0.25, 0.3) is 0 Å². The van der Waals surface area contributed by atoms with Crippen LogP contribution in [0.15, 0.2) is 36.7 Å². The number of nitrogens with zero attached hydrogens (tertiary/aromatic N) is 1. The van der Waals surface area contributed by atoms with E-state index in [0.29, 0.717) is 0 Å². The van der Waals surface area contributed by atoms with Gasteiger partial charge in [-0.15, -0.1) is 0 Å². The smallest absolute Gasteiger partial charge is 0.0957 e. The van der Waals surface area contributed by atoms with E-state index in [9.17, 15) is 5.11 Å². The molecule has 0 spiro atoms. The van der Waals surface area contributed by atoms with Gasteiger partial charge in [0.05, 0.1) is 6.10 Å². The minimum absolute atomic E-state index is 0.0335. The highest BCUT2D eigenvalue weighted by Crippen LogP contribution is 2.56. The van der Waals surface area contributed by atoms with Gasteiger partial charge in [0, 0.05) is 28.1 Å². The minimum Gasteiger partial charge on any atom is -0.387 e. The lowest BCUT2D eigenvalue weighted by molar-refractivity contribution is 0.168. The highest BCUT2D eigenvalue weighted by atomic mass is 32.2. The summed E-state index contributed by atoms with van der Waals surface area (Å²) in [4.78, 5) is 4.24. The Labute approximate surface area is 105 Å². The third-order valence-corrected chi connectivity index (χ3v) is 5.09. The van der Waals surface area contributed by atoms with Crippen molar-refractivity contribution in [3.63, 3.8) is 0 Å². The van der Waals surface area contributed by atoms with Crippen molar-refractivity contribution < 1.29 is 5.11 Å². The molecule has 1 fully saturated rings. The molecule has 1 heterocycles. The first kappa shape index (κ1) is 11.1. The van der Waals surface area contributed by atoms with Crippen LogP contribution in [0.2, 0.25) is 0 Å². The van der Waals surface area contributed by atoms with Gasteiger partial charge in [0.15, 0.2) is 0 Å². The van der Waals surface area contributed by atoms with Crippen LogP contribution in [0, 0.1) is 0 Å². The molecule has 17 heavy (non-hydrogen) atoms. The average Bonchev–Trinajstić information content (AvgIpc) is 3.18. The second kappa shape index (κ2) is 4.00. The molecule has 2 nitrogen and oxygen atoms in total. The van der Waals surface area contributed by atoms with Crippen LogP contribution in [-0.4, -0.2) is 21.1 Å². The number of aliphatic hydroxyl groups is 1. The summed E-state index contributed by atoms with van der Waals surface area (Å²) >= 11 is 1.77. The topological polar surface area (TPSA) is 33.1 Å². The van der Waals surface area contributed by atoms with Crippen molar-refractivity contribution in [3.8, 4) is 0 Å². The van der Waals surface area contributed by atoms with Crippen LogP contribution in [-0.2, 0) is 0 Å². The predicted molar refractivity (Wildman–Crippen MR) is 72.2 cm³/mol. The van der Waals surface area contributed by atoms with Crippen LogP contribution in [0.3, 0.4) is 0 Å². The molecule has 1 aliphatic rings. The molecule has 0 radical (unpaired) electrons. The number of hydrogen-bond acceptors (Lipinski definition) is 3. The Morgan fingerprint density at radius 2 is 2.06 bits per heavy atom. The van der Waals surface area contributed by atoms with Crippen molar-refractivity contribution in [1.82, 2.24) is 4.98 Å².